The predicted octanol–water partition coefficient (Wildman–Crippen LogP) is 1.46. The summed E-state index contributed by atoms with van der Waals surface area (Å²) < 4.78 is 12.0. The number of nitrogens with one attached hydrogen (secondary N) is 1. The van der Waals surface area contributed by atoms with Gasteiger partial charge in [-0.25, -0.2) is 0 Å². The number of benzene rings is 1. The molecule has 2 atom stereocenters. The van der Waals surface area contributed by atoms with Gasteiger partial charge in [-0.2, -0.15) is 0 Å². The lowest BCUT2D eigenvalue weighted by molar-refractivity contribution is -0.120. The fourth-order valence-corrected chi connectivity index (χ4v) is 4.82. The molecule has 1 aromatic carbocycles. The average Bonchev–Trinajstić information content (AvgIpc) is 3.03. The fourth-order valence-electron chi connectivity index (χ4n) is 4.64. The Hall–Kier alpha value is -1.38. The molecule has 8 heteroatoms. The summed E-state index contributed by atoms with van der Waals surface area (Å²) in [5.74, 6) is -0.0331. The van der Waals surface area contributed by atoms with E-state index in [9.17, 15) is 4.79 Å². The van der Waals surface area contributed by atoms with E-state index in [2.05, 4.69) is 32.1 Å². The SMILES string of the molecule is CC(=O)NC1CO[C@H]2CN(CCCN3CCN(c4cccc(Cl)c4)CC3)C[C@@H]2OC1. The van der Waals surface area contributed by atoms with Gasteiger partial charge in [0.15, 0.2) is 0 Å². The van der Waals surface area contributed by atoms with Gasteiger partial charge in [0.2, 0.25) is 5.91 Å². The lowest BCUT2D eigenvalue weighted by atomic mass is 10.2. The van der Waals surface area contributed by atoms with Crippen molar-refractivity contribution in [2.45, 2.75) is 31.6 Å². The number of fused-ring (bicyclic) bond motifs is 1. The normalized spacial score (nSPS) is 26.4. The monoisotopic (exact) mass is 436 g/mol. The van der Waals surface area contributed by atoms with E-state index >= 15 is 0 Å². The molecule has 0 saturated carbocycles. The number of amides is 1. The molecule has 7 nitrogen and oxygen atoms in total. The molecule has 3 heterocycles. The first kappa shape index (κ1) is 21.8. The maximum Gasteiger partial charge on any atom is 0.217 e. The van der Waals surface area contributed by atoms with Gasteiger partial charge in [0, 0.05) is 56.9 Å². The van der Waals surface area contributed by atoms with Gasteiger partial charge in [0.05, 0.1) is 31.5 Å². The van der Waals surface area contributed by atoms with Gasteiger partial charge in [-0.15, -0.1) is 0 Å². The van der Waals surface area contributed by atoms with Crippen LogP contribution in [0, 0.1) is 0 Å². The molecule has 1 amide bonds. The number of likely N-dealkylation sites (tertiary alicyclic amines) is 1. The van der Waals surface area contributed by atoms with Crippen LogP contribution in [0.3, 0.4) is 0 Å². The van der Waals surface area contributed by atoms with Crippen molar-refractivity contribution in [1.29, 1.82) is 0 Å². The van der Waals surface area contributed by atoms with Crippen LogP contribution >= 0.6 is 11.6 Å². The molecule has 1 N–H and O–H groups in total. The van der Waals surface area contributed by atoms with E-state index in [-0.39, 0.29) is 24.2 Å². The van der Waals surface area contributed by atoms with Crippen molar-refractivity contribution in [3.8, 4) is 0 Å². The molecule has 30 heavy (non-hydrogen) atoms. The summed E-state index contributed by atoms with van der Waals surface area (Å²) in [7, 11) is 0. The first-order chi connectivity index (χ1) is 14.6. The second-order valence-corrected chi connectivity index (χ2v) is 9.00. The molecule has 0 aliphatic carbocycles. The highest BCUT2D eigenvalue weighted by Gasteiger charge is 2.37. The van der Waals surface area contributed by atoms with Crippen LogP contribution in [0.25, 0.3) is 0 Å². The maximum atomic E-state index is 11.2. The Kier molecular flexibility index (Phi) is 7.49. The molecule has 3 fully saturated rings. The van der Waals surface area contributed by atoms with Crippen molar-refractivity contribution in [2.24, 2.45) is 0 Å². The molecule has 3 aliphatic rings. The van der Waals surface area contributed by atoms with Crippen LogP contribution in [0.2, 0.25) is 5.02 Å². The van der Waals surface area contributed by atoms with E-state index in [4.69, 9.17) is 21.1 Å². The number of hydrogen-bond donors (Lipinski definition) is 1. The zero-order valence-corrected chi connectivity index (χ0v) is 18.5. The summed E-state index contributed by atoms with van der Waals surface area (Å²) in [4.78, 5) is 18.7. The van der Waals surface area contributed by atoms with Crippen LogP contribution in [0.4, 0.5) is 5.69 Å². The first-order valence-electron chi connectivity index (χ1n) is 11.0. The zero-order chi connectivity index (χ0) is 20.9. The minimum Gasteiger partial charge on any atom is -0.372 e. The molecule has 3 aliphatic heterocycles. The maximum absolute atomic E-state index is 11.2. The van der Waals surface area contributed by atoms with Gasteiger partial charge < -0.3 is 19.7 Å². The Labute approximate surface area is 184 Å². The lowest BCUT2D eigenvalue weighted by Gasteiger charge is -2.36. The third-order valence-electron chi connectivity index (χ3n) is 6.22. The third-order valence-corrected chi connectivity index (χ3v) is 6.45. The molecule has 0 aromatic heterocycles. The van der Waals surface area contributed by atoms with Crippen LogP contribution < -0.4 is 10.2 Å². The molecule has 4 rings (SSSR count). The van der Waals surface area contributed by atoms with Crippen LogP contribution in [0.1, 0.15) is 13.3 Å². The molecule has 0 spiro atoms. The van der Waals surface area contributed by atoms with E-state index in [1.54, 1.807) is 0 Å². The van der Waals surface area contributed by atoms with Gasteiger partial charge >= 0.3 is 0 Å². The molecule has 0 bridgehead atoms. The Morgan fingerprint density at radius 2 is 1.73 bits per heavy atom. The molecular weight excluding hydrogens is 404 g/mol. The Morgan fingerprint density at radius 3 is 2.37 bits per heavy atom. The largest absolute Gasteiger partial charge is 0.372 e. The van der Waals surface area contributed by atoms with Gasteiger partial charge in [-0.1, -0.05) is 17.7 Å². The molecule has 0 unspecified atom stereocenters. The van der Waals surface area contributed by atoms with E-state index in [0.717, 1.165) is 63.8 Å². The fraction of sp³-hybridized carbons (Fsp3) is 0.682. The number of carbonyl (C=O) groups excluding carboxylic acids is 1. The summed E-state index contributed by atoms with van der Waals surface area (Å²) in [5.41, 5.74) is 1.22. The Morgan fingerprint density at radius 1 is 1.07 bits per heavy atom. The molecule has 0 radical (unpaired) electrons. The van der Waals surface area contributed by atoms with E-state index in [1.807, 2.05) is 12.1 Å². The smallest absolute Gasteiger partial charge is 0.217 e. The second kappa shape index (κ2) is 10.3. The average molecular weight is 437 g/mol. The molecule has 3 saturated heterocycles. The number of carbonyl (C=O) groups is 1. The van der Waals surface area contributed by atoms with E-state index in [0.29, 0.717) is 13.2 Å². The van der Waals surface area contributed by atoms with Gasteiger partial charge in [-0.05, 0) is 37.7 Å². The van der Waals surface area contributed by atoms with Crippen molar-refractivity contribution in [3.63, 3.8) is 0 Å². The first-order valence-corrected chi connectivity index (χ1v) is 11.4. The highest BCUT2D eigenvalue weighted by molar-refractivity contribution is 6.30. The number of piperazine rings is 1. The van der Waals surface area contributed by atoms with Gasteiger partial charge in [0.25, 0.3) is 0 Å². The number of nitrogens with zero attached hydrogens (tertiary/aromatic N) is 3. The van der Waals surface area contributed by atoms with Gasteiger partial charge in [-0.3, -0.25) is 14.6 Å². The summed E-state index contributed by atoms with van der Waals surface area (Å²) in [6, 6.07) is 8.10. The van der Waals surface area contributed by atoms with Crippen LogP contribution in [-0.4, -0.2) is 99.5 Å². The zero-order valence-electron chi connectivity index (χ0n) is 17.8. The van der Waals surface area contributed by atoms with E-state index in [1.165, 1.54) is 12.6 Å². The van der Waals surface area contributed by atoms with Crippen LogP contribution in [-0.2, 0) is 14.3 Å². The number of rotatable bonds is 6. The number of halogens is 1. The van der Waals surface area contributed by atoms with Crippen LogP contribution in [0.5, 0.6) is 0 Å². The highest BCUT2D eigenvalue weighted by Crippen LogP contribution is 2.22. The van der Waals surface area contributed by atoms with Crippen molar-refractivity contribution in [2.75, 3.05) is 70.5 Å². The van der Waals surface area contributed by atoms with Crippen molar-refractivity contribution >= 4 is 23.2 Å². The highest BCUT2D eigenvalue weighted by atomic mass is 35.5. The van der Waals surface area contributed by atoms with E-state index < -0.39 is 0 Å². The quantitative estimate of drug-likeness (QED) is 0.728. The lowest BCUT2D eigenvalue weighted by Crippen LogP contribution is -2.47. The number of anilines is 1. The van der Waals surface area contributed by atoms with Crippen molar-refractivity contribution in [1.82, 2.24) is 15.1 Å². The van der Waals surface area contributed by atoms with Crippen LogP contribution in [0.15, 0.2) is 24.3 Å². The summed E-state index contributed by atoms with van der Waals surface area (Å²) in [5, 5.41) is 3.69. The Bertz CT molecular complexity index is 697. The molecular formula is C22H33ClN4O3. The summed E-state index contributed by atoms with van der Waals surface area (Å²) in [6.07, 6.45) is 1.39. The number of ether oxygens (including phenoxy) is 2. The predicted molar refractivity (Wildman–Crippen MR) is 118 cm³/mol. The summed E-state index contributed by atoms with van der Waals surface area (Å²) >= 11 is 6.13. The topological polar surface area (TPSA) is 57.3 Å². The number of hydrogen-bond acceptors (Lipinski definition) is 6. The standard InChI is InChI=1S/C22H33ClN4O3/c1-17(28)24-19-15-29-21-13-26(14-22(21)30-16-19)7-3-6-25-8-10-27(11-9-25)20-5-2-4-18(23)12-20/h2,4-5,12,19,21-22H,3,6-11,13-16H2,1H3,(H,24,28)/t21-,22-/m0/s1. The van der Waals surface area contributed by atoms with Crippen molar-refractivity contribution < 1.29 is 14.3 Å². The summed E-state index contributed by atoms with van der Waals surface area (Å²) in [6.45, 7) is 10.9. The molecule has 166 valence electrons. The Balaban J connectivity index is 1.13. The molecule has 1 aromatic rings. The second-order valence-electron chi connectivity index (χ2n) is 8.56. The van der Waals surface area contributed by atoms with Gasteiger partial charge in [0.1, 0.15) is 0 Å². The minimum atomic E-state index is -0.0351. The van der Waals surface area contributed by atoms with Crippen molar-refractivity contribution in [3.05, 3.63) is 29.3 Å². The third kappa shape index (κ3) is 5.86. The minimum absolute atomic E-state index is 0.0331.